The van der Waals surface area contributed by atoms with E-state index in [2.05, 4.69) is 20.8 Å². The van der Waals surface area contributed by atoms with Crippen molar-refractivity contribution in [2.45, 2.75) is 20.8 Å². The molecule has 0 heterocycles. The zero-order valence-corrected chi connectivity index (χ0v) is 8.31. The van der Waals surface area contributed by atoms with E-state index in [4.69, 9.17) is 9.47 Å². The molecule has 0 fully saturated rings. The van der Waals surface area contributed by atoms with Gasteiger partial charge in [0.25, 0.3) is 0 Å². The Morgan fingerprint density at radius 3 is 1.64 bits per heavy atom. The Labute approximate surface area is 69.9 Å². The standard InChI is InChI=1S/C9H20O2/c1-8(2)9(3,6-10-4)7-11-5/h8H,6-7H2,1-5H3. The van der Waals surface area contributed by atoms with Crippen molar-refractivity contribution in [3.8, 4) is 0 Å². The van der Waals surface area contributed by atoms with E-state index in [1.165, 1.54) is 0 Å². The van der Waals surface area contributed by atoms with Crippen molar-refractivity contribution >= 4 is 0 Å². The molecule has 0 aliphatic rings. The summed E-state index contributed by atoms with van der Waals surface area (Å²) in [5, 5.41) is 0. The zero-order chi connectivity index (χ0) is 8.91. The lowest BCUT2D eigenvalue weighted by Crippen LogP contribution is -2.33. The Balaban J connectivity index is 4.01. The molecule has 0 rings (SSSR count). The summed E-state index contributed by atoms with van der Waals surface area (Å²) in [4.78, 5) is 0. The number of rotatable bonds is 5. The molecule has 2 nitrogen and oxygen atoms in total. The SMILES string of the molecule is COCC(C)(COC)C(C)C. The number of hydrogen-bond acceptors (Lipinski definition) is 2. The van der Waals surface area contributed by atoms with Gasteiger partial charge in [0.2, 0.25) is 0 Å². The Morgan fingerprint density at radius 1 is 1.09 bits per heavy atom. The van der Waals surface area contributed by atoms with Gasteiger partial charge in [-0.15, -0.1) is 0 Å². The minimum Gasteiger partial charge on any atom is -0.384 e. The minimum absolute atomic E-state index is 0.156. The highest BCUT2D eigenvalue weighted by atomic mass is 16.5. The molecule has 0 radical (unpaired) electrons. The normalized spacial score (nSPS) is 12.5. The highest BCUT2D eigenvalue weighted by Crippen LogP contribution is 2.27. The topological polar surface area (TPSA) is 18.5 Å². The van der Waals surface area contributed by atoms with E-state index >= 15 is 0 Å². The third-order valence-electron chi connectivity index (χ3n) is 2.34. The molecule has 0 aliphatic carbocycles. The van der Waals surface area contributed by atoms with Crippen molar-refractivity contribution < 1.29 is 9.47 Å². The van der Waals surface area contributed by atoms with E-state index in [9.17, 15) is 0 Å². The van der Waals surface area contributed by atoms with Gasteiger partial charge in [-0.25, -0.2) is 0 Å². The van der Waals surface area contributed by atoms with Gasteiger partial charge in [0, 0.05) is 19.6 Å². The maximum Gasteiger partial charge on any atom is 0.0540 e. The molecule has 0 N–H and O–H groups in total. The average molecular weight is 160 g/mol. The highest BCUT2D eigenvalue weighted by molar-refractivity contribution is 4.76. The first-order chi connectivity index (χ1) is 5.06. The molecule has 0 atom stereocenters. The predicted octanol–water partition coefficient (Wildman–Crippen LogP) is 1.94. The molecule has 0 bridgehead atoms. The first kappa shape index (κ1) is 10.9. The van der Waals surface area contributed by atoms with Gasteiger partial charge in [-0.2, -0.15) is 0 Å². The monoisotopic (exact) mass is 160 g/mol. The van der Waals surface area contributed by atoms with Gasteiger partial charge in [0.05, 0.1) is 13.2 Å². The zero-order valence-electron chi connectivity index (χ0n) is 8.31. The summed E-state index contributed by atoms with van der Waals surface area (Å²) in [5.74, 6) is 0.586. The van der Waals surface area contributed by atoms with Gasteiger partial charge in [-0.3, -0.25) is 0 Å². The van der Waals surface area contributed by atoms with Crippen molar-refractivity contribution in [1.29, 1.82) is 0 Å². The van der Waals surface area contributed by atoms with Gasteiger partial charge >= 0.3 is 0 Å². The second kappa shape index (κ2) is 4.73. The molecule has 0 amide bonds. The number of hydrogen-bond donors (Lipinski definition) is 0. The molecular formula is C9H20O2. The predicted molar refractivity (Wildman–Crippen MR) is 46.7 cm³/mol. The summed E-state index contributed by atoms with van der Waals surface area (Å²) in [6.07, 6.45) is 0. The van der Waals surface area contributed by atoms with Crippen LogP contribution in [0.25, 0.3) is 0 Å². The number of methoxy groups -OCH3 is 2. The van der Waals surface area contributed by atoms with Crippen LogP contribution in [0, 0.1) is 11.3 Å². The van der Waals surface area contributed by atoms with Crippen molar-refractivity contribution in [1.82, 2.24) is 0 Å². The summed E-state index contributed by atoms with van der Waals surface area (Å²) in [6, 6.07) is 0. The molecule has 68 valence electrons. The van der Waals surface area contributed by atoms with Crippen LogP contribution in [-0.4, -0.2) is 27.4 Å². The fourth-order valence-electron chi connectivity index (χ4n) is 1.03. The van der Waals surface area contributed by atoms with Gasteiger partial charge in [-0.05, 0) is 5.92 Å². The summed E-state index contributed by atoms with van der Waals surface area (Å²) < 4.78 is 10.3. The molecule has 0 saturated carbocycles. The van der Waals surface area contributed by atoms with Gasteiger partial charge in [0.1, 0.15) is 0 Å². The lowest BCUT2D eigenvalue weighted by molar-refractivity contribution is -0.00728. The second-order valence-electron chi connectivity index (χ2n) is 3.67. The van der Waals surface area contributed by atoms with E-state index in [1.54, 1.807) is 14.2 Å². The second-order valence-corrected chi connectivity index (χ2v) is 3.67. The molecule has 0 saturated heterocycles. The van der Waals surface area contributed by atoms with Crippen LogP contribution in [0.15, 0.2) is 0 Å². The van der Waals surface area contributed by atoms with Crippen LogP contribution in [0.2, 0.25) is 0 Å². The van der Waals surface area contributed by atoms with Gasteiger partial charge in [-0.1, -0.05) is 20.8 Å². The van der Waals surface area contributed by atoms with E-state index < -0.39 is 0 Å². The van der Waals surface area contributed by atoms with Crippen LogP contribution in [0.5, 0.6) is 0 Å². The highest BCUT2D eigenvalue weighted by Gasteiger charge is 2.28. The van der Waals surface area contributed by atoms with Crippen molar-refractivity contribution in [3.05, 3.63) is 0 Å². The van der Waals surface area contributed by atoms with Crippen LogP contribution < -0.4 is 0 Å². The smallest absolute Gasteiger partial charge is 0.0540 e. The van der Waals surface area contributed by atoms with E-state index in [-0.39, 0.29) is 5.41 Å². The summed E-state index contributed by atoms with van der Waals surface area (Å²) >= 11 is 0. The molecule has 0 aromatic rings. The Bertz CT molecular complexity index is 93.7. The Kier molecular flexibility index (Phi) is 4.69. The lowest BCUT2D eigenvalue weighted by atomic mass is 9.81. The van der Waals surface area contributed by atoms with E-state index in [0.29, 0.717) is 5.92 Å². The maximum absolute atomic E-state index is 5.14. The van der Waals surface area contributed by atoms with Gasteiger partial charge in [0.15, 0.2) is 0 Å². The molecular weight excluding hydrogens is 140 g/mol. The van der Waals surface area contributed by atoms with Crippen molar-refractivity contribution in [3.63, 3.8) is 0 Å². The fraction of sp³-hybridized carbons (Fsp3) is 1.00. The van der Waals surface area contributed by atoms with E-state index in [0.717, 1.165) is 13.2 Å². The largest absolute Gasteiger partial charge is 0.384 e. The minimum atomic E-state index is 0.156. The average Bonchev–Trinajstić information content (AvgIpc) is 1.88. The van der Waals surface area contributed by atoms with Crippen LogP contribution in [-0.2, 0) is 9.47 Å². The number of ether oxygens (including phenoxy) is 2. The van der Waals surface area contributed by atoms with E-state index in [1.807, 2.05) is 0 Å². The van der Waals surface area contributed by atoms with Crippen LogP contribution in [0.1, 0.15) is 20.8 Å². The Hall–Kier alpha value is -0.0800. The Morgan fingerprint density at radius 2 is 1.45 bits per heavy atom. The first-order valence-electron chi connectivity index (χ1n) is 4.04. The van der Waals surface area contributed by atoms with Crippen LogP contribution in [0.4, 0.5) is 0 Å². The van der Waals surface area contributed by atoms with Crippen molar-refractivity contribution in [2.75, 3.05) is 27.4 Å². The van der Waals surface area contributed by atoms with Gasteiger partial charge < -0.3 is 9.47 Å². The lowest BCUT2D eigenvalue weighted by Gasteiger charge is -2.31. The fourth-order valence-corrected chi connectivity index (χ4v) is 1.03. The molecule has 0 aromatic carbocycles. The summed E-state index contributed by atoms with van der Waals surface area (Å²) in [6.45, 7) is 8.09. The summed E-state index contributed by atoms with van der Waals surface area (Å²) in [5.41, 5.74) is 0.156. The quantitative estimate of drug-likeness (QED) is 0.612. The molecule has 0 aromatic heterocycles. The molecule has 0 aliphatic heterocycles. The first-order valence-corrected chi connectivity index (χ1v) is 4.04. The van der Waals surface area contributed by atoms with Crippen LogP contribution in [0.3, 0.4) is 0 Å². The molecule has 0 unspecified atom stereocenters. The summed E-state index contributed by atoms with van der Waals surface area (Å²) in [7, 11) is 3.46. The van der Waals surface area contributed by atoms with Crippen LogP contribution >= 0.6 is 0 Å². The molecule has 11 heavy (non-hydrogen) atoms. The third-order valence-corrected chi connectivity index (χ3v) is 2.34. The molecule has 0 spiro atoms. The molecule has 2 heteroatoms. The third kappa shape index (κ3) is 3.21. The van der Waals surface area contributed by atoms with Crippen molar-refractivity contribution in [2.24, 2.45) is 11.3 Å². The maximum atomic E-state index is 5.14.